The number of anilines is 1. The van der Waals surface area contributed by atoms with Crippen molar-refractivity contribution in [3.05, 3.63) is 71.0 Å². The maximum absolute atomic E-state index is 14.8. The Balaban J connectivity index is 1.48. The predicted molar refractivity (Wildman–Crippen MR) is 121 cm³/mol. The van der Waals surface area contributed by atoms with Crippen molar-refractivity contribution in [1.29, 1.82) is 0 Å². The molecule has 0 bridgehead atoms. The van der Waals surface area contributed by atoms with E-state index < -0.39 is 0 Å². The molecule has 0 radical (unpaired) electrons. The van der Waals surface area contributed by atoms with E-state index in [1.165, 1.54) is 11.3 Å². The lowest BCUT2D eigenvalue weighted by atomic mass is 9.95. The van der Waals surface area contributed by atoms with E-state index in [4.69, 9.17) is 9.72 Å². The van der Waals surface area contributed by atoms with Gasteiger partial charge in [-0.25, -0.2) is 9.37 Å². The summed E-state index contributed by atoms with van der Waals surface area (Å²) in [6.45, 7) is 5.06. The molecule has 0 saturated carbocycles. The number of nitrogens with zero attached hydrogens (tertiary/aromatic N) is 3. The molecule has 1 aliphatic rings. The molecule has 5 nitrogen and oxygen atoms in total. The maximum atomic E-state index is 14.8. The van der Waals surface area contributed by atoms with E-state index in [0.29, 0.717) is 18.8 Å². The van der Waals surface area contributed by atoms with E-state index in [-0.39, 0.29) is 11.7 Å². The quantitative estimate of drug-likeness (QED) is 0.481. The van der Waals surface area contributed by atoms with Gasteiger partial charge in [-0.15, -0.1) is 11.3 Å². The largest absolute Gasteiger partial charge is 0.378 e. The second kappa shape index (κ2) is 9.36. The van der Waals surface area contributed by atoms with Crippen molar-refractivity contribution in [2.45, 2.75) is 12.8 Å². The van der Waals surface area contributed by atoms with Gasteiger partial charge in [-0.05, 0) is 17.2 Å². The van der Waals surface area contributed by atoms with Crippen LogP contribution < -0.4 is 5.32 Å². The maximum Gasteiger partial charge on any atom is 0.200 e. The number of aromatic nitrogens is 1. The highest BCUT2D eigenvalue weighted by atomic mass is 32.1. The number of hydrogen-bond donors (Lipinski definition) is 1. The van der Waals surface area contributed by atoms with E-state index in [1.54, 1.807) is 13.1 Å². The van der Waals surface area contributed by atoms with E-state index in [9.17, 15) is 4.39 Å². The summed E-state index contributed by atoms with van der Waals surface area (Å²) >= 11 is 1.53. The van der Waals surface area contributed by atoms with Gasteiger partial charge in [-0.3, -0.25) is 4.99 Å². The molecule has 2 heterocycles. The molecular formula is C23H25FN4OS. The molecule has 30 heavy (non-hydrogen) atoms. The second-order valence-electron chi connectivity index (χ2n) is 7.18. The first-order valence-electron chi connectivity index (χ1n) is 10.0. The summed E-state index contributed by atoms with van der Waals surface area (Å²) in [4.78, 5) is 11.2. The molecule has 1 N–H and O–H groups in total. The van der Waals surface area contributed by atoms with Crippen LogP contribution in [0.3, 0.4) is 0 Å². The van der Waals surface area contributed by atoms with Gasteiger partial charge < -0.3 is 15.0 Å². The van der Waals surface area contributed by atoms with Crippen molar-refractivity contribution < 1.29 is 9.13 Å². The van der Waals surface area contributed by atoms with Gasteiger partial charge in [0.1, 0.15) is 5.82 Å². The van der Waals surface area contributed by atoms with Crippen LogP contribution in [0.25, 0.3) is 11.1 Å². The van der Waals surface area contributed by atoms with Crippen molar-refractivity contribution in [2.24, 2.45) is 4.99 Å². The van der Waals surface area contributed by atoms with E-state index in [0.717, 1.165) is 41.0 Å². The Bertz CT molecular complexity index is 1020. The van der Waals surface area contributed by atoms with Crippen molar-refractivity contribution in [1.82, 2.24) is 9.88 Å². The number of rotatable bonds is 4. The lowest BCUT2D eigenvalue weighted by Gasteiger charge is -2.29. The first-order valence-corrected chi connectivity index (χ1v) is 10.9. The minimum absolute atomic E-state index is 0.0125. The van der Waals surface area contributed by atoms with Gasteiger partial charge in [0.05, 0.1) is 18.9 Å². The monoisotopic (exact) mass is 424 g/mol. The zero-order valence-corrected chi connectivity index (χ0v) is 18.0. The number of nitrogens with one attached hydrogen (secondary N) is 1. The van der Waals surface area contributed by atoms with Crippen LogP contribution in [-0.4, -0.2) is 49.2 Å². The van der Waals surface area contributed by atoms with Crippen LogP contribution in [0.2, 0.25) is 0 Å². The lowest BCUT2D eigenvalue weighted by Crippen LogP contribution is -2.44. The molecule has 3 aromatic rings. The van der Waals surface area contributed by atoms with E-state index >= 15 is 0 Å². The number of benzene rings is 2. The molecule has 0 amide bonds. The fourth-order valence-corrected chi connectivity index (χ4v) is 4.31. The van der Waals surface area contributed by atoms with Gasteiger partial charge in [0, 0.05) is 37.0 Å². The first-order chi connectivity index (χ1) is 14.7. The highest BCUT2D eigenvalue weighted by Gasteiger charge is 2.18. The molecule has 1 saturated heterocycles. The topological polar surface area (TPSA) is 49.8 Å². The van der Waals surface area contributed by atoms with E-state index in [2.05, 4.69) is 15.2 Å². The Morgan fingerprint density at radius 2 is 1.97 bits per heavy atom. The Kier molecular flexibility index (Phi) is 6.40. The average Bonchev–Trinajstić information content (AvgIpc) is 3.26. The van der Waals surface area contributed by atoms with Crippen molar-refractivity contribution in [3.63, 3.8) is 0 Å². The van der Waals surface area contributed by atoms with Crippen molar-refractivity contribution >= 4 is 22.4 Å². The number of halogens is 1. The van der Waals surface area contributed by atoms with Crippen LogP contribution in [0, 0.1) is 5.82 Å². The molecular weight excluding hydrogens is 399 g/mol. The Morgan fingerprint density at radius 3 is 2.67 bits per heavy atom. The van der Waals surface area contributed by atoms with E-state index in [1.807, 2.05) is 54.8 Å². The normalized spacial score (nSPS) is 15.8. The molecule has 2 aromatic carbocycles. The Labute approximate surface area is 180 Å². The molecule has 1 fully saturated rings. The molecule has 0 spiro atoms. The average molecular weight is 425 g/mol. The van der Waals surface area contributed by atoms with Crippen LogP contribution in [0.5, 0.6) is 0 Å². The number of morpholine rings is 1. The minimum atomic E-state index is -0.216. The SMILES string of the molecule is CN=C(Nc1nc(C(C)c2ccc(-c3ccccc3)c(F)c2)cs1)N1CCOCC1. The molecule has 1 aliphatic heterocycles. The first kappa shape index (κ1) is 20.5. The number of thiazole rings is 1. The van der Waals surface area contributed by atoms with Crippen molar-refractivity contribution in [3.8, 4) is 11.1 Å². The highest BCUT2D eigenvalue weighted by Crippen LogP contribution is 2.31. The molecule has 156 valence electrons. The Morgan fingerprint density at radius 1 is 1.20 bits per heavy atom. The van der Waals surface area contributed by atoms with Crippen LogP contribution in [-0.2, 0) is 4.74 Å². The Hall–Kier alpha value is -2.77. The third-order valence-electron chi connectivity index (χ3n) is 5.28. The molecule has 1 atom stereocenters. The molecule has 1 unspecified atom stereocenters. The summed E-state index contributed by atoms with van der Waals surface area (Å²) in [6.07, 6.45) is 0. The molecule has 0 aliphatic carbocycles. The van der Waals surface area contributed by atoms with Gasteiger partial charge >= 0.3 is 0 Å². The van der Waals surface area contributed by atoms with Crippen LogP contribution in [0.15, 0.2) is 58.9 Å². The predicted octanol–water partition coefficient (Wildman–Crippen LogP) is 4.83. The number of ether oxygens (including phenoxy) is 1. The van der Waals surface area contributed by atoms with Crippen LogP contribution in [0.1, 0.15) is 24.1 Å². The molecule has 1 aromatic heterocycles. The number of hydrogen-bond acceptors (Lipinski definition) is 4. The number of guanidine groups is 1. The summed E-state index contributed by atoms with van der Waals surface area (Å²) < 4.78 is 20.2. The molecule has 4 rings (SSSR count). The summed E-state index contributed by atoms with van der Waals surface area (Å²) in [5, 5.41) is 6.12. The summed E-state index contributed by atoms with van der Waals surface area (Å²) in [5.74, 6) is 0.568. The van der Waals surface area contributed by atoms with Crippen molar-refractivity contribution in [2.75, 3.05) is 38.7 Å². The third-order valence-corrected chi connectivity index (χ3v) is 6.06. The lowest BCUT2D eigenvalue weighted by molar-refractivity contribution is 0.0680. The minimum Gasteiger partial charge on any atom is -0.378 e. The second-order valence-corrected chi connectivity index (χ2v) is 8.03. The van der Waals surface area contributed by atoms with Gasteiger partial charge in [0.15, 0.2) is 11.1 Å². The van der Waals surface area contributed by atoms with Gasteiger partial charge in [-0.2, -0.15) is 0 Å². The fraction of sp³-hybridized carbons (Fsp3) is 0.304. The summed E-state index contributed by atoms with van der Waals surface area (Å²) in [5.41, 5.74) is 3.30. The smallest absolute Gasteiger partial charge is 0.200 e. The third kappa shape index (κ3) is 4.52. The van der Waals surface area contributed by atoms with Gasteiger partial charge in [0.2, 0.25) is 0 Å². The molecule has 7 heteroatoms. The van der Waals surface area contributed by atoms with Gasteiger partial charge in [-0.1, -0.05) is 49.4 Å². The fourth-order valence-electron chi connectivity index (χ4n) is 3.51. The standard InChI is InChI=1S/C23H25FN4OS/c1-16(18-8-9-19(20(24)14-18)17-6-4-3-5-7-17)21-15-30-23(26-21)27-22(25-2)28-10-12-29-13-11-28/h3-9,14-16H,10-13H2,1-2H3,(H,25,26,27). The van der Waals surface area contributed by atoms with Gasteiger partial charge in [0.25, 0.3) is 0 Å². The summed E-state index contributed by atoms with van der Waals surface area (Å²) in [6, 6.07) is 15.0. The van der Waals surface area contributed by atoms with Crippen LogP contribution in [0.4, 0.5) is 9.52 Å². The zero-order chi connectivity index (χ0) is 20.9. The zero-order valence-electron chi connectivity index (χ0n) is 17.1. The summed E-state index contributed by atoms with van der Waals surface area (Å²) in [7, 11) is 1.77. The highest BCUT2D eigenvalue weighted by molar-refractivity contribution is 7.13. The number of aliphatic imine (C=N–C) groups is 1. The van der Waals surface area contributed by atoms with Crippen LogP contribution >= 0.6 is 11.3 Å².